The fraction of sp³-hybridized carbons (Fsp3) is 0.368. The minimum atomic E-state index is -0.176. The van der Waals surface area contributed by atoms with Gasteiger partial charge in [-0.1, -0.05) is 18.2 Å². The summed E-state index contributed by atoms with van der Waals surface area (Å²) in [5.41, 5.74) is 3.44. The van der Waals surface area contributed by atoms with Crippen molar-refractivity contribution in [2.24, 2.45) is 0 Å². The number of rotatable bonds is 4. The molecular formula is C19H23N3O2. The summed E-state index contributed by atoms with van der Waals surface area (Å²) in [6.45, 7) is 4.45. The molecule has 1 saturated heterocycles. The van der Waals surface area contributed by atoms with Crippen molar-refractivity contribution >= 4 is 11.6 Å². The third kappa shape index (κ3) is 4.19. The maximum absolute atomic E-state index is 12.5. The summed E-state index contributed by atoms with van der Waals surface area (Å²) in [4.78, 5) is 18.8. The molecule has 0 bridgehead atoms. The van der Waals surface area contributed by atoms with E-state index in [1.165, 1.54) is 0 Å². The molecule has 2 aromatic rings. The summed E-state index contributed by atoms with van der Waals surface area (Å²) >= 11 is 0. The number of para-hydroxylation sites is 1. The molecule has 5 nitrogen and oxygen atoms in total. The topological polar surface area (TPSA) is 65.5 Å². The number of anilines is 1. The first-order valence-corrected chi connectivity index (χ1v) is 8.33. The van der Waals surface area contributed by atoms with Gasteiger partial charge in [0.1, 0.15) is 0 Å². The molecule has 0 unspecified atom stereocenters. The number of hydrogen-bond donors (Lipinski definition) is 2. The smallest absolute Gasteiger partial charge is 0.257 e. The van der Waals surface area contributed by atoms with E-state index in [1.807, 2.05) is 37.3 Å². The van der Waals surface area contributed by atoms with Crippen LogP contribution in [-0.4, -0.2) is 40.1 Å². The molecule has 5 heteroatoms. The van der Waals surface area contributed by atoms with E-state index in [4.69, 9.17) is 0 Å². The van der Waals surface area contributed by atoms with Crippen LogP contribution in [0.1, 0.15) is 34.3 Å². The number of aromatic nitrogens is 1. The number of carbonyl (C=O) groups is 1. The number of likely N-dealkylation sites (tertiary alicyclic amines) is 1. The van der Waals surface area contributed by atoms with Gasteiger partial charge in [-0.25, -0.2) is 0 Å². The van der Waals surface area contributed by atoms with Crippen molar-refractivity contribution in [1.82, 2.24) is 9.88 Å². The second-order valence-corrected chi connectivity index (χ2v) is 6.37. The second-order valence-electron chi connectivity index (χ2n) is 6.37. The largest absolute Gasteiger partial charge is 0.393 e. The van der Waals surface area contributed by atoms with Crippen LogP contribution < -0.4 is 5.32 Å². The van der Waals surface area contributed by atoms with Gasteiger partial charge in [0.25, 0.3) is 5.91 Å². The Hall–Kier alpha value is -2.24. The molecule has 1 amide bonds. The van der Waals surface area contributed by atoms with Crippen LogP contribution in [-0.2, 0) is 6.54 Å². The van der Waals surface area contributed by atoms with Crippen molar-refractivity contribution in [3.8, 4) is 0 Å². The van der Waals surface area contributed by atoms with E-state index < -0.39 is 0 Å². The number of piperidine rings is 1. The molecule has 0 atom stereocenters. The third-order valence-electron chi connectivity index (χ3n) is 4.35. The molecule has 24 heavy (non-hydrogen) atoms. The molecule has 3 rings (SSSR count). The molecule has 1 aromatic heterocycles. The Morgan fingerprint density at radius 2 is 2.04 bits per heavy atom. The number of nitrogens with zero attached hydrogens (tertiary/aromatic N) is 2. The molecule has 1 aromatic carbocycles. The van der Waals surface area contributed by atoms with Gasteiger partial charge in [-0.3, -0.25) is 14.7 Å². The van der Waals surface area contributed by atoms with E-state index in [0.29, 0.717) is 5.56 Å². The Morgan fingerprint density at radius 3 is 2.79 bits per heavy atom. The zero-order chi connectivity index (χ0) is 16.9. The normalized spacial score (nSPS) is 16.1. The molecular weight excluding hydrogens is 302 g/mol. The highest BCUT2D eigenvalue weighted by molar-refractivity contribution is 6.04. The maximum atomic E-state index is 12.5. The number of carbonyl (C=O) groups excluding carboxylic acids is 1. The molecule has 0 aliphatic carbocycles. The minimum Gasteiger partial charge on any atom is -0.393 e. The molecule has 126 valence electrons. The van der Waals surface area contributed by atoms with Gasteiger partial charge in [0.2, 0.25) is 0 Å². The number of aliphatic hydroxyl groups excluding tert-OH is 1. The number of pyridine rings is 1. The van der Waals surface area contributed by atoms with Crippen molar-refractivity contribution in [3.63, 3.8) is 0 Å². The lowest BCUT2D eigenvalue weighted by Gasteiger charge is -2.30. The van der Waals surface area contributed by atoms with Crippen LogP contribution in [0.2, 0.25) is 0 Å². The van der Waals surface area contributed by atoms with Crippen molar-refractivity contribution in [2.45, 2.75) is 32.4 Å². The van der Waals surface area contributed by atoms with Gasteiger partial charge < -0.3 is 10.4 Å². The van der Waals surface area contributed by atoms with Gasteiger partial charge in [0.15, 0.2) is 0 Å². The molecule has 1 fully saturated rings. The summed E-state index contributed by atoms with van der Waals surface area (Å²) in [7, 11) is 0. The van der Waals surface area contributed by atoms with Crippen LogP contribution >= 0.6 is 0 Å². The standard InChI is InChI=1S/C19H23N3O2/c1-14-10-16(12-20-11-14)19(24)21-18-5-3-2-4-15(18)13-22-8-6-17(23)7-9-22/h2-5,10-12,17,23H,6-9,13H2,1H3,(H,21,24). The highest BCUT2D eigenvalue weighted by atomic mass is 16.3. The summed E-state index contributed by atoms with van der Waals surface area (Å²) < 4.78 is 0. The number of amides is 1. The lowest BCUT2D eigenvalue weighted by atomic mass is 10.1. The van der Waals surface area contributed by atoms with E-state index in [2.05, 4.69) is 15.2 Å². The average Bonchev–Trinajstić information content (AvgIpc) is 2.58. The van der Waals surface area contributed by atoms with Crippen LogP contribution in [0.5, 0.6) is 0 Å². The van der Waals surface area contributed by atoms with Crippen LogP contribution in [0.3, 0.4) is 0 Å². The number of aliphatic hydroxyl groups is 1. The molecule has 0 saturated carbocycles. The van der Waals surface area contributed by atoms with Crippen LogP contribution in [0.25, 0.3) is 0 Å². The first-order chi connectivity index (χ1) is 11.6. The first-order valence-electron chi connectivity index (χ1n) is 8.33. The minimum absolute atomic E-state index is 0.146. The number of nitrogens with one attached hydrogen (secondary N) is 1. The van der Waals surface area contributed by atoms with Crippen LogP contribution in [0.15, 0.2) is 42.7 Å². The average molecular weight is 325 g/mol. The van der Waals surface area contributed by atoms with Crippen molar-refractivity contribution in [3.05, 3.63) is 59.4 Å². The van der Waals surface area contributed by atoms with E-state index >= 15 is 0 Å². The SMILES string of the molecule is Cc1cncc(C(=O)Nc2ccccc2CN2CCC(O)CC2)c1. The van der Waals surface area contributed by atoms with E-state index in [-0.39, 0.29) is 12.0 Å². The summed E-state index contributed by atoms with van der Waals surface area (Å²) in [5, 5.41) is 12.6. The van der Waals surface area contributed by atoms with Crippen LogP contribution in [0, 0.1) is 6.92 Å². The Balaban J connectivity index is 1.71. The molecule has 1 aliphatic heterocycles. The predicted molar refractivity (Wildman–Crippen MR) is 93.9 cm³/mol. The number of benzene rings is 1. The summed E-state index contributed by atoms with van der Waals surface area (Å²) in [6, 6.07) is 9.70. The quantitative estimate of drug-likeness (QED) is 0.907. The summed E-state index contributed by atoms with van der Waals surface area (Å²) in [6.07, 6.45) is 4.75. The Labute approximate surface area is 142 Å². The number of hydrogen-bond acceptors (Lipinski definition) is 4. The van der Waals surface area contributed by atoms with Gasteiger partial charge in [-0.05, 0) is 43.0 Å². The molecule has 0 radical (unpaired) electrons. The van der Waals surface area contributed by atoms with E-state index in [0.717, 1.165) is 49.3 Å². The highest BCUT2D eigenvalue weighted by Crippen LogP contribution is 2.20. The monoisotopic (exact) mass is 325 g/mol. The predicted octanol–water partition coefficient (Wildman–Crippen LogP) is 2.60. The van der Waals surface area contributed by atoms with Gasteiger partial charge >= 0.3 is 0 Å². The van der Waals surface area contributed by atoms with Crippen molar-refractivity contribution in [2.75, 3.05) is 18.4 Å². The lowest BCUT2D eigenvalue weighted by molar-refractivity contribution is 0.0793. The molecule has 1 aliphatic rings. The number of aryl methyl sites for hydroxylation is 1. The van der Waals surface area contributed by atoms with Gasteiger partial charge in [0.05, 0.1) is 11.7 Å². The maximum Gasteiger partial charge on any atom is 0.257 e. The van der Waals surface area contributed by atoms with Gasteiger partial charge in [-0.15, -0.1) is 0 Å². The third-order valence-corrected chi connectivity index (χ3v) is 4.35. The van der Waals surface area contributed by atoms with Crippen molar-refractivity contribution in [1.29, 1.82) is 0 Å². The first kappa shape index (κ1) is 16.6. The Morgan fingerprint density at radius 1 is 1.29 bits per heavy atom. The molecule has 2 N–H and O–H groups in total. The highest BCUT2D eigenvalue weighted by Gasteiger charge is 2.18. The fourth-order valence-electron chi connectivity index (χ4n) is 2.97. The summed E-state index contributed by atoms with van der Waals surface area (Å²) in [5.74, 6) is -0.146. The Kier molecular flexibility index (Phi) is 5.23. The molecule has 2 heterocycles. The van der Waals surface area contributed by atoms with Gasteiger partial charge in [0, 0.05) is 37.7 Å². The van der Waals surface area contributed by atoms with Gasteiger partial charge in [-0.2, -0.15) is 0 Å². The van der Waals surface area contributed by atoms with E-state index in [9.17, 15) is 9.90 Å². The second kappa shape index (κ2) is 7.55. The zero-order valence-electron chi connectivity index (χ0n) is 13.9. The zero-order valence-corrected chi connectivity index (χ0v) is 13.9. The molecule has 0 spiro atoms. The van der Waals surface area contributed by atoms with Crippen molar-refractivity contribution < 1.29 is 9.90 Å². The lowest BCUT2D eigenvalue weighted by Crippen LogP contribution is -2.35. The van der Waals surface area contributed by atoms with Crippen LogP contribution in [0.4, 0.5) is 5.69 Å². The fourth-order valence-corrected chi connectivity index (χ4v) is 2.97. The Bertz CT molecular complexity index is 709. The van der Waals surface area contributed by atoms with E-state index in [1.54, 1.807) is 12.4 Å².